The molecule has 28 heavy (non-hydrogen) atoms. The monoisotopic (exact) mass is 408 g/mol. The number of benzene rings is 1. The highest BCUT2D eigenvalue weighted by atomic mass is 32.2. The van der Waals surface area contributed by atoms with Crippen LogP contribution in [-0.4, -0.2) is 75.9 Å². The summed E-state index contributed by atoms with van der Waals surface area (Å²) in [5.41, 5.74) is 1.27. The van der Waals surface area contributed by atoms with Gasteiger partial charge in [0.25, 0.3) is 0 Å². The lowest BCUT2D eigenvalue weighted by molar-refractivity contribution is 0.0179. The van der Waals surface area contributed by atoms with Crippen molar-refractivity contribution < 1.29 is 9.47 Å². The maximum absolute atomic E-state index is 5.55. The molecule has 1 aliphatic rings. The summed E-state index contributed by atoms with van der Waals surface area (Å²) in [6, 6.07) is 8.60. The van der Waals surface area contributed by atoms with Crippen molar-refractivity contribution in [2.75, 3.05) is 65.1 Å². The number of ether oxygens (including phenoxy) is 2. The summed E-state index contributed by atoms with van der Waals surface area (Å²) in [7, 11) is 1.70. The maximum Gasteiger partial charge on any atom is 0.191 e. The first-order valence-electron chi connectivity index (χ1n) is 10.2. The average molecular weight is 409 g/mol. The SMILES string of the molecule is CCNC(=NCC(c1ccc(OC)cc1)N1CCOCC1)NCCCCSC. The van der Waals surface area contributed by atoms with Crippen LogP contribution in [0, 0.1) is 0 Å². The molecule has 0 radical (unpaired) electrons. The Morgan fingerprint density at radius 1 is 1.21 bits per heavy atom. The van der Waals surface area contributed by atoms with Crippen LogP contribution in [0.15, 0.2) is 29.3 Å². The minimum atomic E-state index is 0.238. The van der Waals surface area contributed by atoms with E-state index in [0.717, 1.165) is 57.5 Å². The predicted octanol–water partition coefficient (Wildman–Crippen LogP) is 2.77. The first-order valence-corrected chi connectivity index (χ1v) is 11.6. The Bertz CT molecular complexity index is 562. The fourth-order valence-electron chi connectivity index (χ4n) is 3.24. The van der Waals surface area contributed by atoms with Crippen LogP contribution in [0.25, 0.3) is 0 Å². The van der Waals surface area contributed by atoms with Gasteiger partial charge < -0.3 is 20.1 Å². The second kappa shape index (κ2) is 13.7. The van der Waals surface area contributed by atoms with E-state index in [1.807, 2.05) is 23.9 Å². The second-order valence-corrected chi connectivity index (χ2v) is 7.77. The zero-order chi connectivity index (χ0) is 20.0. The van der Waals surface area contributed by atoms with Crippen molar-refractivity contribution in [2.24, 2.45) is 4.99 Å². The van der Waals surface area contributed by atoms with Crippen LogP contribution in [0.4, 0.5) is 0 Å². The van der Waals surface area contributed by atoms with Crippen LogP contribution in [0.3, 0.4) is 0 Å². The summed E-state index contributed by atoms with van der Waals surface area (Å²) in [4.78, 5) is 7.37. The molecule has 1 heterocycles. The molecule has 0 saturated carbocycles. The van der Waals surface area contributed by atoms with Gasteiger partial charge in [0.05, 0.1) is 32.9 Å². The smallest absolute Gasteiger partial charge is 0.191 e. The Morgan fingerprint density at radius 3 is 2.61 bits per heavy atom. The maximum atomic E-state index is 5.55. The van der Waals surface area contributed by atoms with Crippen molar-refractivity contribution in [2.45, 2.75) is 25.8 Å². The molecule has 0 bridgehead atoms. The molecule has 1 aromatic rings. The first-order chi connectivity index (χ1) is 13.8. The van der Waals surface area contributed by atoms with Gasteiger partial charge in [0.2, 0.25) is 0 Å². The topological polar surface area (TPSA) is 58.1 Å². The molecule has 0 amide bonds. The van der Waals surface area contributed by atoms with Gasteiger partial charge in [0.15, 0.2) is 5.96 Å². The van der Waals surface area contributed by atoms with Crippen LogP contribution in [0.1, 0.15) is 31.4 Å². The van der Waals surface area contributed by atoms with E-state index in [2.05, 4.69) is 40.8 Å². The Morgan fingerprint density at radius 2 is 1.96 bits per heavy atom. The summed E-state index contributed by atoms with van der Waals surface area (Å²) < 4.78 is 10.9. The minimum Gasteiger partial charge on any atom is -0.497 e. The summed E-state index contributed by atoms with van der Waals surface area (Å²) in [6.45, 7) is 8.07. The Hall–Kier alpha value is -1.44. The van der Waals surface area contributed by atoms with Gasteiger partial charge in [-0.2, -0.15) is 11.8 Å². The molecular weight excluding hydrogens is 372 g/mol. The molecule has 1 unspecified atom stereocenters. The summed E-state index contributed by atoms with van der Waals surface area (Å²) in [5.74, 6) is 3.00. The molecule has 6 nitrogen and oxygen atoms in total. The molecule has 1 aliphatic heterocycles. The van der Waals surface area contributed by atoms with Crippen LogP contribution in [0.5, 0.6) is 5.75 Å². The van der Waals surface area contributed by atoms with E-state index < -0.39 is 0 Å². The van der Waals surface area contributed by atoms with Crippen LogP contribution in [0.2, 0.25) is 0 Å². The molecular formula is C21H36N4O2S. The molecule has 1 saturated heterocycles. The molecule has 2 N–H and O–H groups in total. The van der Waals surface area contributed by atoms with E-state index in [-0.39, 0.29) is 6.04 Å². The highest BCUT2D eigenvalue weighted by molar-refractivity contribution is 7.98. The number of thioether (sulfide) groups is 1. The molecule has 2 rings (SSSR count). The van der Waals surface area contributed by atoms with Crippen molar-refractivity contribution >= 4 is 17.7 Å². The van der Waals surface area contributed by atoms with Crippen LogP contribution >= 0.6 is 11.8 Å². The van der Waals surface area contributed by atoms with E-state index in [1.165, 1.54) is 17.7 Å². The van der Waals surface area contributed by atoms with E-state index in [0.29, 0.717) is 6.54 Å². The minimum absolute atomic E-state index is 0.238. The number of rotatable bonds is 11. The Balaban J connectivity index is 2.04. The number of nitrogens with one attached hydrogen (secondary N) is 2. The van der Waals surface area contributed by atoms with E-state index in [1.54, 1.807) is 7.11 Å². The lowest BCUT2D eigenvalue weighted by Gasteiger charge is -2.34. The number of hydrogen-bond donors (Lipinski definition) is 2. The van der Waals surface area contributed by atoms with Crippen LogP contribution in [-0.2, 0) is 4.74 Å². The number of unbranched alkanes of at least 4 members (excludes halogenated alkanes) is 1. The van der Waals surface area contributed by atoms with Gasteiger partial charge in [-0.3, -0.25) is 9.89 Å². The Kier molecular flexibility index (Phi) is 11.2. The molecule has 0 spiro atoms. The zero-order valence-electron chi connectivity index (χ0n) is 17.6. The number of morpholine rings is 1. The molecule has 1 aromatic carbocycles. The number of aliphatic imine (C=N–C) groups is 1. The van der Waals surface area contributed by atoms with Gasteiger partial charge in [-0.25, -0.2) is 0 Å². The zero-order valence-corrected chi connectivity index (χ0v) is 18.4. The van der Waals surface area contributed by atoms with Gasteiger partial charge in [0.1, 0.15) is 5.75 Å². The Labute approximate surface area is 174 Å². The van der Waals surface area contributed by atoms with Gasteiger partial charge in [-0.15, -0.1) is 0 Å². The standard InChI is InChI=1S/C21H36N4O2S/c1-4-22-21(23-11-5-6-16-28-3)24-17-20(25-12-14-27-15-13-25)18-7-9-19(26-2)10-8-18/h7-10,20H,4-6,11-17H2,1-3H3,(H2,22,23,24). The van der Waals surface area contributed by atoms with Gasteiger partial charge >= 0.3 is 0 Å². The van der Waals surface area contributed by atoms with E-state index >= 15 is 0 Å². The quantitative estimate of drug-likeness (QED) is 0.334. The number of hydrogen-bond acceptors (Lipinski definition) is 5. The second-order valence-electron chi connectivity index (χ2n) is 6.78. The van der Waals surface area contributed by atoms with E-state index in [4.69, 9.17) is 14.5 Å². The van der Waals surface area contributed by atoms with Crippen molar-refractivity contribution in [1.29, 1.82) is 0 Å². The highest BCUT2D eigenvalue weighted by Gasteiger charge is 2.22. The fraction of sp³-hybridized carbons (Fsp3) is 0.667. The molecule has 158 valence electrons. The summed E-state index contributed by atoms with van der Waals surface area (Å²) in [5, 5.41) is 6.85. The van der Waals surface area contributed by atoms with Crippen molar-refractivity contribution in [3.8, 4) is 5.75 Å². The van der Waals surface area contributed by atoms with E-state index in [9.17, 15) is 0 Å². The molecule has 1 fully saturated rings. The van der Waals surface area contributed by atoms with Crippen molar-refractivity contribution in [3.63, 3.8) is 0 Å². The highest BCUT2D eigenvalue weighted by Crippen LogP contribution is 2.24. The summed E-state index contributed by atoms with van der Waals surface area (Å²) in [6.07, 6.45) is 4.55. The van der Waals surface area contributed by atoms with Crippen molar-refractivity contribution in [1.82, 2.24) is 15.5 Å². The molecule has 0 aliphatic carbocycles. The van der Waals surface area contributed by atoms with Crippen LogP contribution < -0.4 is 15.4 Å². The number of nitrogens with zero attached hydrogens (tertiary/aromatic N) is 2. The fourth-order valence-corrected chi connectivity index (χ4v) is 3.74. The summed E-state index contributed by atoms with van der Waals surface area (Å²) >= 11 is 1.90. The largest absolute Gasteiger partial charge is 0.497 e. The van der Waals surface area contributed by atoms with Gasteiger partial charge in [-0.1, -0.05) is 12.1 Å². The normalized spacial score (nSPS) is 16.6. The lowest BCUT2D eigenvalue weighted by Crippen LogP contribution is -2.42. The van der Waals surface area contributed by atoms with Gasteiger partial charge in [-0.05, 0) is 49.5 Å². The van der Waals surface area contributed by atoms with Crippen molar-refractivity contribution in [3.05, 3.63) is 29.8 Å². The average Bonchev–Trinajstić information content (AvgIpc) is 2.75. The molecule has 0 aromatic heterocycles. The first kappa shape index (κ1) is 22.8. The number of guanidine groups is 1. The molecule has 1 atom stereocenters. The third-order valence-corrected chi connectivity index (χ3v) is 5.52. The van der Waals surface area contributed by atoms with Gasteiger partial charge in [0, 0.05) is 26.2 Å². The third-order valence-electron chi connectivity index (χ3n) is 4.82. The number of methoxy groups -OCH3 is 1. The lowest BCUT2D eigenvalue weighted by atomic mass is 10.0. The molecule has 7 heteroatoms. The predicted molar refractivity (Wildman–Crippen MR) is 120 cm³/mol. The third kappa shape index (κ3) is 7.89.